The molecule has 1 nitrogen and oxygen atoms in total. The van der Waals surface area contributed by atoms with Crippen LogP contribution in [-0.2, 0) is 0 Å². The number of nitrogens with zero attached hydrogens (tertiary/aromatic N) is 1. The summed E-state index contributed by atoms with van der Waals surface area (Å²) in [5, 5.41) is 0. The Balaban J connectivity index is 0. The molecule has 1 aromatic heterocycles. The summed E-state index contributed by atoms with van der Waals surface area (Å²) in [6.45, 7) is 14.2. The zero-order chi connectivity index (χ0) is 10.9. The molecule has 0 fully saturated rings. The minimum Gasteiger partial charge on any atom is -0.261 e. The minimum atomic E-state index is 1.13. The van der Waals surface area contributed by atoms with Crippen LogP contribution in [0.5, 0.6) is 0 Å². The Kier molecular flexibility index (Phi) is 10.4. The maximum atomic E-state index is 4.14. The van der Waals surface area contributed by atoms with Crippen LogP contribution < -0.4 is 0 Å². The Morgan fingerprint density at radius 3 is 1.69 bits per heavy atom. The molecule has 1 heterocycles. The Morgan fingerprint density at radius 1 is 0.923 bits per heavy atom. The first-order valence-corrected chi connectivity index (χ1v) is 5.10. The van der Waals surface area contributed by atoms with Crippen molar-refractivity contribution < 1.29 is 0 Å². The van der Waals surface area contributed by atoms with Gasteiger partial charge in [-0.05, 0) is 38.0 Å². The van der Waals surface area contributed by atoms with Crippen LogP contribution in [0.1, 0.15) is 44.5 Å². The average Bonchev–Trinajstić information content (AvgIpc) is 2.20. The van der Waals surface area contributed by atoms with Crippen molar-refractivity contribution in [3.05, 3.63) is 29.1 Å². The molecule has 0 unspecified atom stereocenters. The van der Waals surface area contributed by atoms with Gasteiger partial charge in [-0.25, -0.2) is 0 Å². The van der Waals surface area contributed by atoms with E-state index in [0.717, 1.165) is 5.69 Å². The van der Waals surface area contributed by atoms with E-state index < -0.39 is 0 Å². The molecule has 0 aromatic carbocycles. The molecule has 1 rings (SSSR count). The van der Waals surface area contributed by atoms with E-state index in [0.29, 0.717) is 0 Å². The maximum absolute atomic E-state index is 4.14. The van der Waals surface area contributed by atoms with Crippen molar-refractivity contribution in [1.29, 1.82) is 0 Å². The van der Waals surface area contributed by atoms with Gasteiger partial charge in [0.1, 0.15) is 0 Å². The van der Waals surface area contributed by atoms with Crippen LogP contribution in [0.2, 0.25) is 0 Å². The molecule has 0 bridgehead atoms. The summed E-state index contributed by atoms with van der Waals surface area (Å²) in [5.74, 6) is 0. The molecular formula is C12H23N. The van der Waals surface area contributed by atoms with E-state index in [1.165, 1.54) is 11.1 Å². The van der Waals surface area contributed by atoms with Gasteiger partial charge < -0.3 is 0 Å². The molecule has 0 saturated heterocycles. The first-order chi connectivity index (χ1) is 6.22. The number of hydrogen-bond acceptors (Lipinski definition) is 1. The summed E-state index contributed by atoms with van der Waals surface area (Å²) in [6, 6.07) is 2.03. The second-order valence-electron chi connectivity index (χ2n) is 2.34. The van der Waals surface area contributed by atoms with Crippen LogP contribution in [0, 0.1) is 20.8 Å². The fraction of sp³-hybridized carbons (Fsp3) is 0.583. The molecular weight excluding hydrogens is 158 g/mol. The minimum absolute atomic E-state index is 1.13. The summed E-state index contributed by atoms with van der Waals surface area (Å²) in [6.07, 6.45) is 1.84. The number of aromatic nitrogens is 1. The molecule has 0 aliphatic rings. The highest BCUT2D eigenvalue weighted by atomic mass is 14.7. The first kappa shape index (κ1) is 14.7. The topological polar surface area (TPSA) is 12.9 Å². The Labute approximate surface area is 83.2 Å². The van der Waals surface area contributed by atoms with E-state index in [1.54, 1.807) is 0 Å². The monoisotopic (exact) mass is 181 g/mol. The molecule has 0 aliphatic heterocycles. The van der Waals surface area contributed by atoms with E-state index in [4.69, 9.17) is 0 Å². The summed E-state index contributed by atoms with van der Waals surface area (Å²) in [7, 11) is 0. The van der Waals surface area contributed by atoms with Gasteiger partial charge in [0, 0.05) is 11.9 Å². The number of rotatable bonds is 0. The molecule has 0 radical (unpaired) electrons. The van der Waals surface area contributed by atoms with Gasteiger partial charge >= 0.3 is 0 Å². The van der Waals surface area contributed by atoms with Crippen LogP contribution in [-0.4, -0.2) is 4.98 Å². The summed E-state index contributed by atoms with van der Waals surface area (Å²) < 4.78 is 0. The predicted molar refractivity (Wildman–Crippen MR) is 61.1 cm³/mol. The smallest absolute Gasteiger partial charge is 0.0404 e. The van der Waals surface area contributed by atoms with Gasteiger partial charge in [-0.2, -0.15) is 0 Å². The van der Waals surface area contributed by atoms with Crippen LogP contribution in [0.4, 0.5) is 0 Å². The van der Waals surface area contributed by atoms with Gasteiger partial charge in [0.25, 0.3) is 0 Å². The van der Waals surface area contributed by atoms with Crippen LogP contribution in [0.25, 0.3) is 0 Å². The second kappa shape index (κ2) is 9.24. The van der Waals surface area contributed by atoms with Crippen LogP contribution >= 0.6 is 0 Å². The standard InChI is InChI=1S/C8H11N.2C2H6/c1-6-4-5-9-8(3)7(6)2;2*1-2/h4-5H,1-3H3;2*1-2H3. The van der Waals surface area contributed by atoms with Gasteiger partial charge in [-0.15, -0.1) is 0 Å². The molecule has 0 amide bonds. The molecule has 0 saturated carbocycles. The number of pyridine rings is 1. The SMILES string of the molecule is CC.CC.Cc1ccnc(C)c1C. The number of hydrogen-bond donors (Lipinski definition) is 0. The highest BCUT2D eigenvalue weighted by Gasteiger charge is 1.93. The predicted octanol–water partition coefficient (Wildman–Crippen LogP) is 4.06. The number of aryl methyl sites for hydroxylation is 2. The van der Waals surface area contributed by atoms with Gasteiger partial charge in [0.2, 0.25) is 0 Å². The zero-order valence-corrected chi connectivity index (χ0v) is 10.1. The maximum Gasteiger partial charge on any atom is 0.0404 e. The van der Waals surface area contributed by atoms with Gasteiger partial charge in [-0.3, -0.25) is 4.98 Å². The lowest BCUT2D eigenvalue weighted by molar-refractivity contribution is 1.12. The molecule has 0 atom stereocenters. The van der Waals surface area contributed by atoms with Crippen molar-refractivity contribution in [2.24, 2.45) is 0 Å². The first-order valence-electron chi connectivity index (χ1n) is 5.10. The highest BCUT2D eigenvalue weighted by molar-refractivity contribution is 5.25. The molecule has 1 aromatic rings. The lowest BCUT2D eigenvalue weighted by Gasteiger charge is -1.99. The normalized spacial score (nSPS) is 7.62. The fourth-order valence-electron chi connectivity index (χ4n) is 0.768. The van der Waals surface area contributed by atoms with Crippen molar-refractivity contribution in [3.8, 4) is 0 Å². The Morgan fingerprint density at radius 2 is 1.38 bits per heavy atom. The van der Waals surface area contributed by atoms with Crippen LogP contribution in [0.3, 0.4) is 0 Å². The van der Waals surface area contributed by atoms with Crippen molar-refractivity contribution in [1.82, 2.24) is 4.98 Å². The van der Waals surface area contributed by atoms with E-state index in [9.17, 15) is 0 Å². The largest absolute Gasteiger partial charge is 0.261 e. The molecule has 0 aliphatic carbocycles. The summed E-state index contributed by atoms with van der Waals surface area (Å²) in [4.78, 5) is 4.14. The van der Waals surface area contributed by atoms with Crippen molar-refractivity contribution in [3.63, 3.8) is 0 Å². The van der Waals surface area contributed by atoms with E-state index in [-0.39, 0.29) is 0 Å². The quantitative estimate of drug-likeness (QED) is 0.588. The second-order valence-corrected chi connectivity index (χ2v) is 2.34. The average molecular weight is 181 g/mol. The van der Waals surface area contributed by atoms with E-state index >= 15 is 0 Å². The van der Waals surface area contributed by atoms with Crippen molar-refractivity contribution >= 4 is 0 Å². The summed E-state index contributed by atoms with van der Waals surface area (Å²) in [5.41, 5.74) is 3.76. The lowest BCUT2D eigenvalue weighted by Crippen LogP contribution is -1.87. The third kappa shape index (κ3) is 5.40. The Bertz CT molecular complexity index is 196. The molecule has 13 heavy (non-hydrogen) atoms. The van der Waals surface area contributed by atoms with E-state index in [2.05, 4.69) is 18.8 Å². The van der Waals surface area contributed by atoms with E-state index in [1.807, 2.05) is 46.9 Å². The molecule has 1 heteroatoms. The molecule has 0 N–H and O–H groups in total. The molecule has 76 valence electrons. The highest BCUT2D eigenvalue weighted by Crippen LogP contribution is 2.06. The van der Waals surface area contributed by atoms with Crippen molar-refractivity contribution in [2.75, 3.05) is 0 Å². The van der Waals surface area contributed by atoms with Crippen LogP contribution in [0.15, 0.2) is 12.3 Å². The summed E-state index contributed by atoms with van der Waals surface area (Å²) >= 11 is 0. The van der Waals surface area contributed by atoms with Gasteiger partial charge in [0.15, 0.2) is 0 Å². The fourth-order valence-corrected chi connectivity index (χ4v) is 0.768. The molecule has 0 spiro atoms. The van der Waals surface area contributed by atoms with Crippen molar-refractivity contribution in [2.45, 2.75) is 48.5 Å². The third-order valence-electron chi connectivity index (χ3n) is 1.73. The lowest BCUT2D eigenvalue weighted by atomic mass is 10.1. The third-order valence-corrected chi connectivity index (χ3v) is 1.73. The zero-order valence-electron chi connectivity index (χ0n) is 10.1. The van der Waals surface area contributed by atoms with Gasteiger partial charge in [-0.1, -0.05) is 27.7 Å². The Hall–Kier alpha value is -0.850. The van der Waals surface area contributed by atoms with Gasteiger partial charge in [0.05, 0.1) is 0 Å².